The van der Waals surface area contributed by atoms with Crippen molar-refractivity contribution in [2.75, 3.05) is 18.0 Å². The first-order valence-corrected chi connectivity index (χ1v) is 11.4. The summed E-state index contributed by atoms with van der Waals surface area (Å²) in [7, 11) is 0. The molecular weight excluding hydrogens is 447 g/mol. The number of nitrogens with one attached hydrogen (secondary N) is 1. The first kappa shape index (κ1) is 22.4. The Hall–Kier alpha value is -3.36. The van der Waals surface area contributed by atoms with Gasteiger partial charge in [0.1, 0.15) is 0 Å². The Balaban J connectivity index is 1.33. The van der Waals surface area contributed by atoms with Gasteiger partial charge in [0.05, 0.1) is 28.9 Å². The fourth-order valence-electron chi connectivity index (χ4n) is 4.68. The predicted octanol–water partition coefficient (Wildman–Crippen LogP) is 4.00. The van der Waals surface area contributed by atoms with Crippen LogP contribution in [0.25, 0.3) is 0 Å². The van der Waals surface area contributed by atoms with E-state index in [4.69, 9.17) is 0 Å². The van der Waals surface area contributed by atoms with Crippen molar-refractivity contribution >= 4 is 23.4 Å². The minimum absolute atomic E-state index is 0.0663. The summed E-state index contributed by atoms with van der Waals surface area (Å²) in [5, 5.41) is 3.04. The normalized spacial score (nSPS) is 18.9. The molecule has 3 aliphatic rings. The van der Waals surface area contributed by atoms with Gasteiger partial charge in [-0.2, -0.15) is 13.2 Å². The monoisotopic (exact) mass is 471 g/mol. The van der Waals surface area contributed by atoms with Crippen LogP contribution in [-0.2, 0) is 17.5 Å². The lowest BCUT2D eigenvalue weighted by Crippen LogP contribution is -2.41. The summed E-state index contributed by atoms with van der Waals surface area (Å²) in [4.78, 5) is 41.6. The van der Waals surface area contributed by atoms with Crippen molar-refractivity contribution in [3.8, 4) is 0 Å². The van der Waals surface area contributed by atoms with Gasteiger partial charge in [-0.05, 0) is 55.5 Å². The lowest BCUT2D eigenvalue weighted by atomic mass is 9.94. The highest BCUT2D eigenvalue weighted by atomic mass is 19.4. The molecule has 34 heavy (non-hydrogen) atoms. The number of carbonyl (C=O) groups excluding carboxylic acids is 3. The molecule has 0 bridgehead atoms. The SMILES string of the molecule is O=C(NC1CC1)C1CCN(c2cccc3c2C(=O)N(Cc2cccc(C(F)(F)F)c2)C3=O)CC1. The number of hydrogen-bond acceptors (Lipinski definition) is 4. The zero-order chi connectivity index (χ0) is 24.0. The lowest BCUT2D eigenvalue weighted by molar-refractivity contribution is -0.137. The van der Waals surface area contributed by atoms with Crippen molar-refractivity contribution in [2.45, 2.75) is 44.4 Å². The van der Waals surface area contributed by atoms with Crippen molar-refractivity contribution in [2.24, 2.45) is 5.92 Å². The maximum Gasteiger partial charge on any atom is 0.416 e. The average molecular weight is 471 g/mol. The molecule has 6 nitrogen and oxygen atoms in total. The zero-order valence-electron chi connectivity index (χ0n) is 18.4. The van der Waals surface area contributed by atoms with Crippen molar-refractivity contribution in [3.63, 3.8) is 0 Å². The molecule has 0 radical (unpaired) electrons. The lowest BCUT2D eigenvalue weighted by Gasteiger charge is -2.33. The second-order valence-corrected chi connectivity index (χ2v) is 9.14. The highest BCUT2D eigenvalue weighted by molar-refractivity contribution is 6.23. The number of hydrogen-bond donors (Lipinski definition) is 1. The van der Waals surface area contributed by atoms with E-state index in [1.54, 1.807) is 18.2 Å². The highest BCUT2D eigenvalue weighted by Gasteiger charge is 2.40. The second kappa shape index (κ2) is 8.45. The number of piperidine rings is 1. The summed E-state index contributed by atoms with van der Waals surface area (Å²) < 4.78 is 39.2. The summed E-state index contributed by atoms with van der Waals surface area (Å²) in [5.74, 6) is -1.01. The van der Waals surface area contributed by atoms with Crippen LogP contribution in [0.2, 0.25) is 0 Å². The number of carbonyl (C=O) groups is 3. The molecule has 2 fully saturated rings. The number of halogens is 3. The molecule has 178 valence electrons. The van der Waals surface area contributed by atoms with Gasteiger partial charge in [0, 0.05) is 25.0 Å². The summed E-state index contributed by atoms with van der Waals surface area (Å²) in [6, 6.07) is 10.0. The van der Waals surface area contributed by atoms with Crippen LogP contribution in [-0.4, -0.2) is 41.8 Å². The number of benzene rings is 2. The van der Waals surface area contributed by atoms with Crippen LogP contribution in [0.3, 0.4) is 0 Å². The molecule has 0 atom stereocenters. The number of rotatable bonds is 5. The van der Waals surface area contributed by atoms with E-state index >= 15 is 0 Å². The molecule has 0 aromatic heterocycles. The molecule has 0 unspecified atom stereocenters. The Kier molecular flexibility index (Phi) is 5.58. The van der Waals surface area contributed by atoms with E-state index in [-0.39, 0.29) is 35.1 Å². The fourth-order valence-corrected chi connectivity index (χ4v) is 4.68. The Morgan fingerprint density at radius 1 is 0.971 bits per heavy atom. The van der Waals surface area contributed by atoms with Gasteiger partial charge in [-0.3, -0.25) is 19.3 Å². The quantitative estimate of drug-likeness (QED) is 0.670. The third-order valence-electron chi connectivity index (χ3n) is 6.70. The fraction of sp³-hybridized carbons (Fsp3) is 0.400. The first-order chi connectivity index (χ1) is 16.2. The van der Waals surface area contributed by atoms with E-state index in [1.807, 2.05) is 4.90 Å². The third kappa shape index (κ3) is 4.26. The van der Waals surface area contributed by atoms with Gasteiger partial charge >= 0.3 is 6.18 Å². The van der Waals surface area contributed by atoms with E-state index in [0.717, 1.165) is 29.9 Å². The molecule has 2 aliphatic heterocycles. The van der Waals surface area contributed by atoms with Gasteiger partial charge in [0.15, 0.2) is 0 Å². The van der Waals surface area contributed by atoms with Crippen LogP contribution in [0.4, 0.5) is 18.9 Å². The van der Waals surface area contributed by atoms with Crippen LogP contribution in [0, 0.1) is 5.92 Å². The van der Waals surface area contributed by atoms with Crippen molar-refractivity contribution < 1.29 is 27.6 Å². The van der Waals surface area contributed by atoms with Crippen LogP contribution in [0.5, 0.6) is 0 Å². The molecule has 1 saturated heterocycles. The van der Waals surface area contributed by atoms with Crippen LogP contribution in [0.1, 0.15) is 57.5 Å². The van der Waals surface area contributed by atoms with Gasteiger partial charge in [0.2, 0.25) is 5.91 Å². The van der Waals surface area contributed by atoms with Crippen molar-refractivity contribution in [3.05, 3.63) is 64.7 Å². The molecule has 2 aromatic carbocycles. The standard InChI is InChI=1S/C25H24F3N3O3/c26-25(27,28)17-4-1-3-15(13-17)14-31-23(33)19-5-2-6-20(21(19)24(31)34)30-11-9-16(10-12-30)22(32)29-18-7-8-18/h1-6,13,16,18H,7-12,14H2,(H,29,32). The maximum atomic E-state index is 13.2. The highest BCUT2D eigenvalue weighted by Crippen LogP contribution is 2.35. The average Bonchev–Trinajstić information content (AvgIpc) is 3.61. The van der Waals surface area contributed by atoms with Crippen LogP contribution in [0.15, 0.2) is 42.5 Å². The maximum absolute atomic E-state index is 13.2. The zero-order valence-corrected chi connectivity index (χ0v) is 18.4. The molecule has 1 N–H and O–H groups in total. The molecule has 1 aliphatic carbocycles. The second-order valence-electron chi connectivity index (χ2n) is 9.14. The number of imide groups is 1. The Labute approximate surface area is 194 Å². The van der Waals surface area contributed by atoms with Gasteiger partial charge in [0.25, 0.3) is 11.8 Å². The Morgan fingerprint density at radius 2 is 1.68 bits per heavy atom. The van der Waals surface area contributed by atoms with E-state index in [0.29, 0.717) is 37.7 Å². The van der Waals surface area contributed by atoms with E-state index in [9.17, 15) is 27.6 Å². The van der Waals surface area contributed by atoms with Gasteiger partial charge in [-0.25, -0.2) is 0 Å². The predicted molar refractivity (Wildman–Crippen MR) is 118 cm³/mol. The molecular formula is C25H24F3N3O3. The molecule has 2 aromatic rings. The molecule has 0 spiro atoms. The Morgan fingerprint density at radius 3 is 2.35 bits per heavy atom. The molecule has 5 rings (SSSR count). The largest absolute Gasteiger partial charge is 0.416 e. The third-order valence-corrected chi connectivity index (χ3v) is 6.70. The number of alkyl halides is 3. The number of fused-ring (bicyclic) bond motifs is 1. The van der Waals surface area contributed by atoms with Gasteiger partial charge in [-0.1, -0.05) is 18.2 Å². The first-order valence-electron chi connectivity index (χ1n) is 11.4. The van der Waals surface area contributed by atoms with Crippen LogP contribution < -0.4 is 10.2 Å². The summed E-state index contributed by atoms with van der Waals surface area (Å²) >= 11 is 0. The number of anilines is 1. The molecule has 9 heteroatoms. The van der Waals surface area contributed by atoms with E-state index in [2.05, 4.69) is 5.32 Å². The Bertz CT molecular complexity index is 1150. The molecule has 2 heterocycles. The molecule has 3 amide bonds. The minimum Gasteiger partial charge on any atom is -0.371 e. The summed E-state index contributed by atoms with van der Waals surface area (Å²) in [6.45, 7) is 0.918. The van der Waals surface area contributed by atoms with Crippen LogP contribution >= 0.6 is 0 Å². The van der Waals surface area contributed by atoms with Gasteiger partial charge < -0.3 is 10.2 Å². The molecule has 1 saturated carbocycles. The minimum atomic E-state index is -4.51. The van der Waals surface area contributed by atoms with Crippen molar-refractivity contribution in [1.29, 1.82) is 0 Å². The smallest absolute Gasteiger partial charge is 0.371 e. The van der Waals surface area contributed by atoms with E-state index in [1.165, 1.54) is 12.1 Å². The summed E-state index contributed by atoms with van der Waals surface area (Å²) in [5.41, 5.74) is 0.566. The number of amides is 3. The van der Waals surface area contributed by atoms with Gasteiger partial charge in [-0.15, -0.1) is 0 Å². The summed E-state index contributed by atoms with van der Waals surface area (Å²) in [6.07, 6.45) is -1.13. The van der Waals surface area contributed by atoms with Crippen molar-refractivity contribution in [1.82, 2.24) is 10.2 Å². The topological polar surface area (TPSA) is 69.7 Å². The number of nitrogens with zero attached hydrogens (tertiary/aromatic N) is 2. The van der Waals surface area contributed by atoms with E-state index < -0.39 is 23.6 Å².